The van der Waals surface area contributed by atoms with E-state index in [4.69, 9.17) is 10.00 Å². The molecule has 0 aliphatic heterocycles. The lowest BCUT2D eigenvalue weighted by atomic mass is 10.2. The molecule has 6 heteroatoms. The maximum atomic E-state index is 13.7. The average molecular weight is 286 g/mol. The molecule has 0 fully saturated rings. The van der Waals surface area contributed by atoms with Crippen molar-refractivity contribution in [2.24, 2.45) is 0 Å². The highest BCUT2D eigenvalue weighted by molar-refractivity contribution is 5.37. The number of nitrogens with one attached hydrogen (secondary N) is 1. The molecule has 1 aromatic heterocycles. The van der Waals surface area contributed by atoms with Crippen molar-refractivity contribution in [3.63, 3.8) is 0 Å². The summed E-state index contributed by atoms with van der Waals surface area (Å²) in [6, 6.07) is 7.76. The predicted molar refractivity (Wildman–Crippen MR) is 76.4 cm³/mol. The van der Waals surface area contributed by atoms with Crippen LogP contribution in [0.3, 0.4) is 0 Å². The van der Waals surface area contributed by atoms with Crippen LogP contribution in [0.5, 0.6) is 5.75 Å². The highest BCUT2D eigenvalue weighted by Gasteiger charge is 2.07. The minimum atomic E-state index is -0.575. The summed E-state index contributed by atoms with van der Waals surface area (Å²) < 4.78 is 19.1. The van der Waals surface area contributed by atoms with Crippen LogP contribution in [0.25, 0.3) is 0 Å². The number of aromatic nitrogens is 2. The van der Waals surface area contributed by atoms with Gasteiger partial charge in [0.05, 0.1) is 11.6 Å². The van der Waals surface area contributed by atoms with E-state index in [2.05, 4.69) is 15.3 Å². The molecule has 1 heterocycles. The number of hydrogen-bond acceptors (Lipinski definition) is 5. The number of nitrogens with zero attached hydrogens (tertiary/aromatic N) is 3. The number of aryl methyl sites for hydroxylation is 1. The van der Waals surface area contributed by atoms with Crippen molar-refractivity contribution in [2.45, 2.75) is 20.5 Å². The van der Waals surface area contributed by atoms with E-state index in [1.165, 1.54) is 12.1 Å². The standard InChI is InChI=1S/C15H15FN4O/c1-3-18-14-6-10(2)19-15(20-14)9-21-13-5-4-11(8-17)7-12(13)16/h4-7H,3,9H2,1-2H3,(H,18,19,20). The van der Waals surface area contributed by atoms with Gasteiger partial charge in [0, 0.05) is 18.3 Å². The van der Waals surface area contributed by atoms with E-state index in [1.807, 2.05) is 26.0 Å². The summed E-state index contributed by atoms with van der Waals surface area (Å²) in [4.78, 5) is 8.52. The fourth-order valence-electron chi connectivity index (χ4n) is 1.80. The molecule has 0 aliphatic rings. The van der Waals surface area contributed by atoms with Crippen LogP contribution in [0.4, 0.5) is 10.2 Å². The predicted octanol–water partition coefficient (Wildman–Crippen LogP) is 2.81. The molecule has 2 aromatic rings. The van der Waals surface area contributed by atoms with Crippen LogP contribution in [0, 0.1) is 24.1 Å². The SMILES string of the molecule is CCNc1cc(C)nc(COc2ccc(C#N)cc2F)n1. The number of anilines is 1. The normalized spacial score (nSPS) is 10.0. The molecule has 5 nitrogen and oxygen atoms in total. The van der Waals surface area contributed by atoms with Gasteiger partial charge in [-0.1, -0.05) is 0 Å². The van der Waals surface area contributed by atoms with Gasteiger partial charge in [0.1, 0.15) is 12.4 Å². The molecule has 1 N–H and O–H groups in total. The number of rotatable bonds is 5. The highest BCUT2D eigenvalue weighted by Crippen LogP contribution is 2.19. The number of hydrogen-bond donors (Lipinski definition) is 1. The van der Waals surface area contributed by atoms with Crippen molar-refractivity contribution in [1.29, 1.82) is 5.26 Å². The zero-order chi connectivity index (χ0) is 15.2. The summed E-state index contributed by atoms with van der Waals surface area (Å²) >= 11 is 0. The first-order chi connectivity index (χ1) is 10.1. The molecule has 2 rings (SSSR count). The zero-order valence-corrected chi connectivity index (χ0v) is 11.9. The van der Waals surface area contributed by atoms with Crippen molar-refractivity contribution in [3.05, 3.63) is 47.2 Å². The second kappa shape index (κ2) is 6.66. The first-order valence-electron chi connectivity index (χ1n) is 6.53. The zero-order valence-electron chi connectivity index (χ0n) is 11.9. The largest absolute Gasteiger partial charge is 0.483 e. The van der Waals surface area contributed by atoms with E-state index < -0.39 is 5.82 Å². The summed E-state index contributed by atoms with van der Waals surface area (Å²) in [7, 11) is 0. The molecule has 0 radical (unpaired) electrons. The van der Waals surface area contributed by atoms with Gasteiger partial charge in [-0.3, -0.25) is 0 Å². The highest BCUT2D eigenvalue weighted by atomic mass is 19.1. The molecular weight excluding hydrogens is 271 g/mol. The van der Waals surface area contributed by atoms with Crippen LogP contribution >= 0.6 is 0 Å². The molecule has 108 valence electrons. The molecule has 0 spiro atoms. The third-order valence-corrected chi connectivity index (χ3v) is 2.68. The van der Waals surface area contributed by atoms with E-state index in [1.54, 1.807) is 0 Å². The minimum Gasteiger partial charge on any atom is -0.483 e. The van der Waals surface area contributed by atoms with Gasteiger partial charge in [-0.15, -0.1) is 0 Å². The van der Waals surface area contributed by atoms with Gasteiger partial charge in [-0.25, -0.2) is 14.4 Å². The van der Waals surface area contributed by atoms with Gasteiger partial charge in [-0.05, 0) is 32.0 Å². The maximum Gasteiger partial charge on any atom is 0.168 e. The van der Waals surface area contributed by atoms with Crippen molar-refractivity contribution < 1.29 is 9.13 Å². The van der Waals surface area contributed by atoms with Crippen molar-refractivity contribution >= 4 is 5.82 Å². The van der Waals surface area contributed by atoms with Crippen LogP contribution < -0.4 is 10.1 Å². The van der Waals surface area contributed by atoms with Crippen LogP contribution in [0.1, 0.15) is 24.0 Å². The topological polar surface area (TPSA) is 70.8 Å². The molecular formula is C15H15FN4O. The van der Waals surface area contributed by atoms with Gasteiger partial charge in [0.2, 0.25) is 0 Å². The number of ether oxygens (including phenoxy) is 1. The van der Waals surface area contributed by atoms with Crippen LogP contribution in [0.15, 0.2) is 24.3 Å². The van der Waals surface area contributed by atoms with Gasteiger partial charge in [0.15, 0.2) is 17.4 Å². The second-order valence-corrected chi connectivity index (χ2v) is 4.39. The quantitative estimate of drug-likeness (QED) is 0.915. The smallest absolute Gasteiger partial charge is 0.168 e. The Balaban J connectivity index is 2.11. The average Bonchev–Trinajstić information content (AvgIpc) is 2.45. The van der Waals surface area contributed by atoms with Crippen LogP contribution in [-0.2, 0) is 6.61 Å². The Labute approximate surface area is 122 Å². The third-order valence-electron chi connectivity index (χ3n) is 2.68. The summed E-state index contributed by atoms with van der Waals surface area (Å²) in [6.45, 7) is 4.64. The lowest BCUT2D eigenvalue weighted by molar-refractivity contribution is 0.281. The van der Waals surface area contributed by atoms with Gasteiger partial charge < -0.3 is 10.1 Å². The molecule has 0 amide bonds. The van der Waals surface area contributed by atoms with Crippen molar-refractivity contribution in [3.8, 4) is 11.8 Å². The van der Waals surface area contributed by atoms with Crippen LogP contribution in [0.2, 0.25) is 0 Å². The van der Waals surface area contributed by atoms with Gasteiger partial charge in [-0.2, -0.15) is 5.26 Å². The van der Waals surface area contributed by atoms with Gasteiger partial charge >= 0.3 is 0 Å². The Morgan fingerprint density at radius 1 is 1.33 bits per heavy atom. The number of nitriles is 1. The van der Waals surface area contributed by atoms with E-state index in [0.717, 1.165) is 18.3 Å². The van der Waals surface area contributed by atoms with Crippen molar-refractivity contribution in [2.75, 3.05) is 11.9 Å². The molecule has 21 heavy (non-hydrogen) atoms. The Kier molecular flexibility index (Phi) is 4.67. The summed E-state index contributed by atoms with van der Waals surface area (Å²) in [6.07, 6.45) is 0. The van der Waals surface area contributed by atoms with Crippen molar-refractivity contribution in [1.82, 2.24) is 9.97 Å². The summed E-state index contributed by atoms with van der Waals surface area (Å²) in [5.74, 6) is 0.677. The minimum absolute atomic E-state index is 0.0584. The molecule has 0 unspecified atom stereocenters. The monoisotopic (exact) mass is 286 g/mol. The molecule has 0 saturated heterocycles. The first-order valence-corrected chi connectivity index (χ1v) is 6.53. The molecule has 0 bridgehead atoms. The van der Waals surface area contributed by atoms with E-state index in [0.29, 0.717) is 11.6 Å². The van der Waals surface area contributed by atoms with E-state index in [9.17, 15) is 4.39 Å². The lowest BCUT2D eigenvalue weighted by Crippen LogP contribution is -2.07. The fourth-order valence-corrected chi connectivity index (χ4v) is 1.80. The van der Waals surface area contributed by atoms with E-state index >= 15 is 0 Å². The number of halogens is 1. The molecule has 0 aliphatic carbocycles. The summed E-state index contributed by atoms with van der Waals surface area (Å²) in [5, 5.41) is 11.8. The van der Waals surface area contributed by atoms with E-state index in [-0.39, 0.29) is 17.9 Å². The first kappa shape index (κ1) is 14.7. The summed E-state index contributed by atoms with van der Waals surface area (Å²) in [5.41, 5.74) is 1.06. The molecule has 1 aromatic carbocycles. The molecule has 0 saturated carbocycles. The lowest BCUT2D eigenvalue weighted by Gasteiger charge is -2.09. The molecule has 0 atom stereocenters. The Bertz CT molecular complexity index is 682. The fraction of sp³-hybridized carbons (Fsp3) is 0.267. The maximum absolute atomic E-state index is 13.7. The van der Waals surface area contributed by atoms with Crippen LogP contribution in [-0.4, -0.2) is 16.5 Å². The Morgan fingerprint density at radius 3 is 2.81 bits per heavy atom. The Morgan fingerprint density at radius 2 is 2.14 bits per heavy atom. The third kappa shape index (κ3) is 3.89. The second-order valence-electron chi connectivity index (χ2n) is 4.39. The van der Waals surface area contributed by atoms with Gasteiger partial charge in [0.25, 0.3) is 0 Å². The number of benzene rings is 1. The Hall–Kier alpha value is -2.68.